The van der Waals surface area contributed by atoms with Crippen molar-refractivity contribution < 1.29 is 13.2 Å². The summed E-state index contributed by atoms with van der Waals surface area (Å²) >= 11 is 0. The molecule has 1 aliphatic rings. The summed E-state index contributed by atoms with van der Waals surface area (Å²) in [6.45, 7) is 5.89. The van der Waals surface area contributed by atoms with Gasteiger partial charge in [0.05, 0.1) is 18.0 Å². The van der Waals surface area contributed by atoms with Crippen LogP contribution in [0.5, 0.6) is 5.75 Å². The normalized spacial score (nSPS) is 13.4. The van der Waals surface area contributed by atoms with E-state index in [0.717, 1.165) is 34.5 Å². The van der Waals surface area contributed by atoms with Crippen molar-refractivity contribution in [3.8, 4) is 5.75 Å². The maximum absolute atomic E-state index is 12.8. The Morgan fingerprint density at radius 1 is 1.19 bits per heavy atom. The third-order valence-electron chi connectivity index (χ3n) is 5.03. The van der Waals surface area contributed by atoms with Crippen molar-refractivity contribution in [2.75, 3.05) is 36.8 Å². The fourth-order valence-corrected chi connectivity index (χ4v) is 4.93. The molecule has 31 heavy (non-hydrogen) atoms. The van der Waals surface area contributed by atoms with Crippen LogP contribution in [0.15, 0.2) is 47.5 Å². The number of aliphatic imine (C=N–C) groups is 1. The van der Waals surface area contributed by atoms with Crippen LogP contribution >= 0.6 is 24.0 Å². The monoisotopic (exact) mass is 558 g/mol. The van der Waals surface area contributed by atoms with Gasteiger partial charge < -0.3 is 15.4 Å². The summed E-state index contributed by atoms with van der Waals surface area (Å²) < 4.78 is 32.8. The van der Waals surface area contributed by atoms with Gasteiger partial charge in [-0.05, 0) is 43.5 Å². The van der Waals surface area contributed by atoms with Crippen molar-refractivity contribution in [3.05, 3.63) is 59.2 Å². The molecule has 0 fully saturated rings. The molecule has 0 unspecified atom stereocenters. The molecule has 0 aliphatic carbocycles. The standard InChI is InChI=1S/C22H30N4O3S.HI/c1-4-29-21-15-17(2)9-10-19(21)16-25-22(23-3)24-12-14-30(27,28)26-13-11-18-7-5-6-8-20(18)26;/h5-10,15H,4,11-14,16H2,1-3H3,(H2,23,24,25);1H. The summed E-state index contributed by atoms with van der Waals surface area (Å²) in [5.74, 6) is 1.39. The summed E-state index contributed by atoms with van der Waals surface area (Å²) in [6, 6.07) is 13.7. The lowest BCUT2D eigenvalue weighted by molar-refractivity contribution is 0.336. The Hall–Kier alpha value is -2.01. The molecule has 0 atom stereocenters. The molecule has 1 aliphatic heterocycles. The van der Waals surface area contributed by atoms with E-state index >= 15 is 0 Å². The van der Waals surface area contributed by atoms with Crippen LogP contribution in [0.4, 0.5) is 5.69 Å². The Kier molecular flexibility index (Phi) is 9.42. The molecule has 0 spiro atoms. The number of nitrogens with zero attached hydrogens (tertiary/aromatic N) is 2. The van der Waals surface area contributed by atoms with Crippen molar-refractivity contribution in [2.45, 2.75) is 26.8 Å². The minimum absolute atomic E-state index is 0. The quantitative estimate of drug-likeness (QED) is 0.296. The zero-order chi connectivity index (χ0) is 21.6. The van der Waals surface area contributed by atoms with E-state index in [0.29, 0.717) is 25.7 Å². The van der Waals surface area contributed by atoms with Gasteiger partial charge in [-0.1, -0.05) is 30.3 Å². The Bertz CT molecular complexity index is 1010. The van der Waals surface area contributed by atoms with Crippen LogP contribution < -0.4 is 19.7 Å². The number of guanidine groups is 1. The van der Waals surface area contributed by atoms with E-state index in [1.807, 2.05) is 56.3 Å². The van der Waals surface area contributed by atoms with Gasteiger partial charge in [0.2, 0.25) is 10.0 Å². The number of aryl methyl sites for hydroxylation is 1. The van der Waals surface area contributed by atoms with Gasteiger partial charge in [0.1, 0.15) is 5.75 Å². The molecule has 0 amide bonds. The lowest BCUT2D eigenvalue weighted by atomic mass is 10.1. The minimum atomic E-state index is -3.40. The topological polar surface area (TPSA) is 83.0 Å². The SMILES string of the molecule is CCOc1cc(C)ccc1CNC(=NC)NCCS(=O)(=O)N1CCc2ccccc21.I. The van der Waals surface area contributed by atoms with Gasteiger partial charge in [-0.2, -0.15) is 0 Å². The molecule has 0 aromatic heterocycles. The number of hydrogen-bond donors (Lipinski definition) is 2. The summed E-state index contributed by atoms with van der Waals surface area (Å²) in [4.78, 5) is 4.19. The first kappa shape index (κ1) is 25.3. The molecule has 0 bridgehead atoms. The summed E-state index contributed by atoms with van der Waals surface area (Å²) in [5.41, 5.74) is 4.03. The van der Waals surface area contributed by atoms with Crippen LogP contribution in [0, 0.1) is 6.92 Å². The molecule has 0 saturated heterocycles. The van der Waals surface area contributed by atoms with Crippen LogP contribution in [-0.2, 0) is 23.0 Å². The molecular formula is C22H31IN4O3S. The first-order chi connectivity index (χ1) is 14.4. The fraction of sp³-hybridized carbons (Fsp3) is 0.409. The lowest BCUT2D eigenvalue weighted by Gasteiger charge is -2.20. The van der Waals surface area contributed by atoms with Gasteiger partial charge in [0.25, 0.3) is 0 Å². The second-order valence-electron chi connectivity index (χ2n) is 7.16. The third kappa shape index (κ3) is 6.49. The Balaban J connectivity index is 0.00000341. The van der Waals surface area contributed by atoms with E-state index in [1.165, 1.54) is 4.31 Å². The summed E-state index contributed by atoms with van der Waals surface area (Å²) in [6.07, 6.45) is 0.755. The average molecular weight is 558 g/mol. The minimum Gasteiger partial charge on any atom is -0.494 e. The van der Waals surface area contributed by atoms with Crippen LogP contribution in [-0.4, -0.2) is 46.9 Å². The highest BCUT2D eigenvalue weighted by Gasteiger charge is 2.28. The maximum Gasteiger partial charge on any atom is 0.236 e. The van der Waals surface area contributed by atoms with Gasteiger partial charge >= 0.3 is 0 Å². The molecule has 2 N–H and O–H groups in total. The van der Waals surface area contributed by atoms with Gasteiger partial charge in [-0.25, -0.2) is 8.42 Å². The molecule has 3 rings (SSSR count). The summed E-state index contributed by atoms with van der Waals surface area (Å²) in [7, 11) is -1.73. The number of rotatable bonds is 8. The molecule has 170 valence electrons. The average Bonchev–Trinajstić information content (AvgIpc) is 3.17. The van der Waals surface area contributed by atoms with Crippen molar-refractivity contribution in [2.24, 2.45) is 4.99 Å². The van der Waals surface area contributed by atoms with E-state index in [-0.39, 0.29) is 36.3 Å². The van der Waals surface area contributed by atoms with Gasteiger partial charge in [-0.3, -0.25) is 9.30 Å². The number of fused-ring (bicyclic) bond motifs is 1. The Morgan fingerprint density at radius 2 is 1.97 bits per heavy atom. The zero-order valence-electron chi connectivity index (χ0n) is 18.2. The lowest BCUT2D eigenvalue weighted by Crippen LogP contribution is -2.41. The highest BCUT2D eigenvalue weighted by molar-refractivity contribution is 14.0. The van der Waals surface area contributed by atoms with Gasteiger partial charge in [0, 0.05) is 32.2 Å². The number of nitrogens with one attached hydrogen (secondary N) is 2. The first-order valence-corrected chi connectivity index (χ1v) is 11.8. The Labute approximate surface area is 202 Å². The van der Waals surface area contributed by atoms with E-state index in [1.54, 1.807) is 7.05 Å². The van der Waals surface area contributed by atoms with Crippen molar-refractivity contribution >= 4 is 45.6 Å². The fourth-order valence-electron chi connectivity index (χ4n) is 3.50. The van der Waals surface area contributed by atoms with Gasteiger partial charge in [-0.15, -0.1) is 24.0 Å². The van der Waals surface area contributed by atoms with Crippen molar-refractivity contribution in [1.29, 1.82) is 0 Å². The molecule has 2 aromatic rings. The van der Waals surface area contributed by atoms with Crippen LogP contribution in [0.3, 0.4) is 0 Å². The van der Waals surface area contributed by atoms with Crippen molar-refractivity contribution in [3.63, 3.8) is 0 Å². The number of hydrogen-bond acceptors (Lipinski definition) is 4. The largest absolute Gasteiger partial charge is 0.494 e. The smallest absolute Gasteiger partial charge is 0.236 e. The van der Waals surface area contributed by atoms with Crippen LogP contribution in [0.25, 0.3) is 0 Å². The highest BCUT2D eigenvalue weighted by atomic mass is 127. The first-order valence-electron chi connectivity index (χ1n) is 10.2. The maximum atomic E-state index is 12.8. The molecule has 9 heteroatoms. The number of para-hydroxylation sites is 1. The predicted molar refractivity (Wildman–Crippen MR) is 137 cm³/mol. The third-order valence-corrected chi connectivity index (χ3v) is 6.80. The predicted octanol–water partition coefficient (Wildman–Crippen LogP) is 3.07. The molecule has 7 nitrogen and oxygen atoms in total. The second kappa shape index (κ2) is 11.6. The van der Waals surface area contributed by atoms with Crippen molar-refractivity contribution in [1.82, 2.24) is 10.6 Å². The number of benzene rings is 2. The van der Waals surface area contributed by atoms with Crippen LogP contribution in [0.1, 0.15) is 23.6 Å². The Morgan fingerprint density at radius 3 is 2.71 bits per heavy atom. The molecule has 0 saturated carbocycles. The molecular weight excluding hydrogens is 527 g/mol. The molecule has 0 radical (unpaired) electrons. The zero-order valence-corrected chi connectivity index (χ0v) is 21.4. The van der Waals surface area contributed by atoms with E-state index < -0.39 is 10.0 Å². The molecule has 1 heterocycles. The van der Waals surface area contributed by atoms with E-state index in [2.05, 4.69) is 15.6 Å². The highest BCUT2D eigenvalue weighted by Crippen LogP contribution is 2.29. The number of anilines is 1. The van der Waals surface area contributed by atoms with E-state index in [4.69, 9.17) is 4.74 Å². The second-order valence-corrected chi connectivity index (χ2v) is 9.18. The number of sulfonamides is 1. The number of ether oxygens (including phenoxy) is 1. The summed E-state index contributed by atoms with van der Waals surface area (Å²) in [5, 5.41) is 6.32. The van der Waals surface area contributed by atoms with Gasteiger partial charge in [0.15, 0.2) is 5.96 Å². The number of halogens is 1. The molecule has 2 aromatic carbocycles. The van der Waals surface area contributed by atoms with E-state index in [9.17, 15) is 8.42 Å². The van der Waals surface area contributed by atoms with Crippen LogP contribution in [0.2, 0.25) is 0 Å².